The Labute approximate surface area is 208 Å². The second-order valence-corrected chi connectivity index (χ2v) is 10.1. The second kappa shape index (κ2) is 10.3. The molecule has 11 heteroatoms. The fourth-order valence-corrected chi connectivity index (χ4v) is 4.00. The number of nitrogens with zero attached hydrogens (tertiary/aromatic N) is 3. The normalized spacial score (nSPS) is 13.0. The first-order valence-corrected chi connectivity index (χ1v) is 11.8. The van der Waals surface area contributed by atoms with Crippen LogP contribution in [0.2, 0.25) is 0 Å². The number of pyridine rings is 1. The molecular formula is C24H26BrF3N4O3. The van der Waals surface area contributed by atoms with E-state index in [0.29, 0.717) is 40.2 Å². The van der Waals surface area contributed by atoms with Crippen LogP contribution < -0.4 is 10.9 Å². The molecule has 0 aliphatic carbocycles. The summed E-state index contributed by atoms with van der Waals surface area (Å²) >= 11 is 3.48. The van der Waals surface area contributed by atoms with Crippen LogP contribution >= 0.6 is 15.9 Å². The molecule has 3 aromatic rings. The van der Waals surface area contributed by atoms with Crippen molar-refractivity contribution in [3.63, 3.8) is 0 Å². The molecule has 0 aliphatic heterocycles. The van der Waals surface area contributed by atoms with Crippen molar-refractivity contribution in [1.82, 2.24) is 19.9 Å². The molecule has 1 aromatic carbocycles. The third-order valence-electron chi connectivity index (χ3n) is 5.07. The molecule has 0 spiro atoms. The summed E-state index contributed by atoms with van der Waals surface area (Å²) in [6.45, 7) is 7.69. The van der Waals surface area contributed by atoms with Crippen molar-refractivity contribution in [1.29, 1.82) is 0 Å². The van der Waals surface area contributed by atoms with Gasteiger partial charge in [0.2, 0.25) is 0 Å². The minimum atomic E-state index is -4.51. The molecule has 2 heterocycles. The van der Waals surface area contributed by atoms with E-state index in [4.69, 9.17) is 4.74 Å². The maximum atomic E-state index is 13.0. The summed E-state index contributed by atoms with van der Waals surface area (Å²) in [5.41, 5.74) is -1.21. The SMILES string of the molecule is C[C@@H](CCCn1cc(Br)c2cc(-c3ncc(C(F)(F)F)cn3)ccc2c1=O)NC(=O)OC(C)(C)C. The number of alkyl halides is 3. The number of hydrogen-bond donors (Lipinski definition) is 1. The molecule has 0 bridgehead atoms. The molecule has 1 atom stereocenters. The molecule has 1 amide bonds. The Bertz CT molecular complexity index is 1270. The average molecular weight is 555 g/mol. The van der Waals surface area contributed by atoms with Crippen LogP contribution in [-0.4, -0.2) is 32.3 Å². The number of alkyl carbamates (subject to hydrolysis) is 1. The highest BCUT2D eigenvalue weighted by molar-refractivity contribution is 9.10. The number of ether oxygens (including phenoxy) is 1. The fraction of sp³-hybridized carbons (Fsp3) is 0.417. The molecule has 2 aromatic heterocycles. The molecule has 0 saturated carbocycles. The van der Waals surface area contributed by atoms with E-state index in [-0.39, 0.29) is 17.4 Å². The average Bonchev–Trinajstić information content (AvgIpc) is 2.75. The lowest BCUT2D eigenvalue weighted by Crippen LogP contribution is -2.37. The monoisotopic (exact) mass is 554 g/mol. The number of aryl methyl sites for hydroxylation is 1. The smallest absolute Gasteiger partial charge is 0.419 e. The lowest BCUT2D eigenvalue weighted by Gasteiger charge is -2.22. The van der Waals surface area contributed by atoms with Gasteiger partial charge in [-0.25, -0.2) is 14.8 Å². The summed E-state index contributed by atoms with van der Waals surface area (Å²) < 4.78 is 45.8. The van der Waals surface area contributed by atoms with Gasteiger partial charge >= 0.3 is 12.3 Å². The summed E-state index contributed by atoms with van der Waals surface area (Å²) in [6.07, 6.45) is -0.564. The number of carbonyl (C=O) groups excluding carboxylic acids is 1. The van der Waals surface area contributed by atoms with Gasteiger partial charge in [-0.2, -0.15) is 13.2 Å². The van der Waals surface area contributed by atoms with Crippen molar-refractivity contribution in [3.8, 4) is 11.4 Å². The van der Waals surface area contributed by atoms with Gasteiger partial charge in [-0.1, -0.05) is 6.07 Å². The molecule has 0 unspecified atom stereocenters. The van der Waals surface area contributed by atoms with Gasteiger partial charge in [-0.15, -0.1) is 0 Å². The number of amides is 1. The van der Waals surface area contributed by atoms with Gasteiger partial charge in [-0.3, -0.25) is 4.79 Å². The van der Waals surface area contributed by atoms with Crippen LogP contribution in [0.3, 0.4) is 0 Å². The summed E-state index contributed by atoms with van der Waals surface area (Å²) in [6, 6.07) is 4.76. The Morgan fingerprint density at radius 3 is 2.43 bits per heavy atom. The van der Waals surface area contributed by atoms with Crippen LogP contribution in [0.25, 0.3) is 22.2 Å². The molecule has 7 nitrogen and oxygen atoms in total. The van der Waals surface area contributed by atoms with Gasteiger partial charge in [0.05, 0.1) is 5.56 Å². The van der Waals surface area contributed by atoms with Gasteiger partial charge < -0.3 is 14.6 Å². The number of rotatable bonds is 6. The van der Waals surface area contributed by atoms with Gasteiger partial charge in [-0.05, 0) is 68.6 Å². The maximum Gasteiger partial charge on any atom is 0.419 e. The number of nitrogens with one attached hydrogen (secondary N) is 1. The van der Waals surface area contributed by atoms with E-state index in [1.165, 1.54) is 0 Å². The van der Waals surface area contributed by atoms with Gasteiger partial charge in [0.15, 0.2) is 5.82 Å². The van der Waals surface area contributed by atoms with E-state index < -0.39 is 23.4 Å². The molecule has 1 N–H and O–H groups in total. The van der Waals surface area contributed by atoms with Crippen LogP contribution in [-0.2, 0) is 17.5 Å². The lowest BCUT2D eigenvalue weighted by molar-refractivity contribution is -0.138. The van der Waals surface area contributed by atoms with E-state index in [1.54, 1.807) is 49.7 Å². The highest BCUT2D eigenvalue weighted by Crippen LogP contribution is 2.30. The predicted octanol–water partition coefficient (Wildman–Crippen LogP) is 5.93. The van der Waals surface area contributed by atoms with Gasteiger partial charge in [0, 0.05) is 52.0 Å². The molecule has 35 heavy (non-hydrogen) atoms. The minimum Gasteiger partial charge on any atom is -0.444 e. The molecule has 0 radical (unpaired) electrons. The summed E-state index contributed by atoms with van der Waals surface area (Å²) in [4.78, 5) is 32.5. The van der Waals surface area contributed by atoms with Crippen molar-refractivity contribution in [2.45, 2.75) is 64.9 Å². The number of halogens is 4. The van der Waals surface area contributed by atoms with E-state index in [2.05, 4.69) is 31.2 Å². The molecule has 0 aliphatic rings. The molecule has 0 fully saturated rings. The van der Waals surface area contributed by atoms with Crippen molar-refractivity contribution in [2.75, 3.05) is 0 Å². The first-order chi connectivity index (χ1) is 16.2. The standard InChI is InChI=1S/C24H26BrF3N4O3/c1-14(31-22(34)35-23(2,3)4)6-5-9-32-13-19(25)18-10-15(7-8-17(18)21(32)33)20-29-11-16(12-30-20)24(26,27)28/h7-8,10-14H,5-6,9H2,1-4H3,(H,31,34)/t14-/m0/s1. The highest BCUT2D eigenvalue weighted by Gasteiger charge is 2.31. The number of carbonyl (C=O) groups is 1. The van der Waals surface area contributed by atoms with Crippen LogP contribution in [0, 0.1) is 0 Å². The first-order valence-electron chi connectivity index (χ1n) is 11.0. The zero-order valence-electron chi connectivity index (χ0n) is 19.7. The predicted molar refractivity (Wildman–Crippen MR) is 130 cm³/mol. The molecular weight excluding hydrogens is 529 g/mol. The van der Waals surface area contributed by atoms with Crippen LogP contribution in [0.5, 0.6) is 0 Å². The van der Waals surface area contributed by atoms with Crippen molar-refractivity contribution in [2.24, 2.45) is 0 Å². The number of benzene rings is 1. The zero-order chi connectivity index (χ0) is 26.0. The first kappa shape index (κ1) is 26.7. The summed E-state index contributed by atoms with van der Waals surface area (Å²) in [5, 5.41) is 3.84. The van der Waals surface area contributed by atoms with E-state index in [9.17, 15) is 22.8 Å². The Morgan fingerprint density at radius 2 is 1.83 bits per heavy atom. The van der Waals surface area contributed by atoms with Crippen LogP contribution in [0.4, 0.5) is 18.0 Å². The molecule has 0 saturated heterocycles. The van der Waals surface area contributed by atoms with Crippen molar-refractivity contribution in [3.05, 3.63) is 57.2 Å². The summed E-state index contributed by atoms with van der Waals surface area (Å²) in [5.74, 6) is 0.127. The van der Waals surface area contributed by atoms with Crippen molar-refractivity contribution >= 4 is 32.8 Å². The Kier molecular flexibility index (Phi) is 7.88. The molecule has 188 valence electrons. The third kappa shape index (κ3) is 7.03. The minimum absolute atomic E-state index is 0.127. The Hall–Kier alpha value is -2.95. The maximum absolute atomic E-state index is 13.0. The lowest BCUT2D eigenvalue weighted by atomic mass is 10.1. The Morgan fingerprint density at radius 1 is 1.17 bits per heavy atom. The van der Waals surface area contributed by atoms with Gasteiger partial charge in [0.25, 0.3) is 5.56 Å². The summed E-state index contributed by atoms with van der Waals surface area (Å²) in [7, 11) is 0. The molecule has 3 rings (SSSR count). The highest BCUT2D eigenvalue weighted by atomic mass is 79.9. The van der Waals surface area contributed by atoms with E-state index in [1.807, 2.05) is 6.92 Å². The Balaban J connectivity index is 1.72. The largest absolute Gasteiger partial charge is 0.444 e. The number of hydrogen-bond acceptors (Lipinski definition) is 5. The topological polar surface area (TPSA) is 86.1 Å². The van der Waals surface area contributed by atoms with Crippen LogP contribution in [0.1, 0.15) is 46.1 Å². The van der Waals surface area contributed by atoms with E-state index in [0.717, 1.165) is 12.4 Å². The fourth-order valence-electron chi connectivity index (χ4n) is 3.43. The van der Waals surface area contributed by atoms with Crippen LogP contribution in [0.15, 0.2) is 46.1 Å². The third-order valence-corrected chi connectivity index (χ3v) is 5.71. The van der Waals surface area contributed by atoms with Crippen molar-refractivity contribution < 1.29 is 22.7 Å². The van der Waals surface area contributed by atoms with Gasteiger partial charge in [0.1, 0.15) is 5.60 Å². The number of fused-ring (bicyclic) bond motifs is 1. The van der Waals surface area contributed by atoms with E-state index >= 15 is 0 Å². The quantitative estimate of drug-likeness (QED) is 0.408. The zero-order valence-corrected chi connectivity index (χ0v) is 21.3. The second-order valence-electron chi connectivity index (χ2n) is 9.22. The number of aromatic nitrogens is 3.